The van der Waals surface area contributed by atoms with Crippen molar-refractivity contribution in [2.75, 3.05) is 0 Å². The molecular formula is C16H13F3O2. The van der Waals surface area contributed by atoms with Crippen LogP contribution in [0.2, 0.25) is 0 Å². The Labute approximate surface area is 119 Å². The first-order chi connectivity index (χ1) is 9.95. The molecule has 0 bridgehead atoms. The zero-order valence-corrected chi connectivity index (χ0v) is 11.0. The van der Waals surface area contributed by atoms with Crippen molar-refractivity contribution in [2.24, 2.45) is 0 Å². The molecule has 110 valence electrons. The van der Waals surface area contributed by atoms with Gasteiger partial charge in [0.1, 0.15) is 11.9 Å². The SMILES string of the molecule is O[C@@H]1CC(c2ccc(C(F)(F)F)cc2)Oc2ccccc21. The van der Waals surface area contributed by atoms with Crippen molar-refractivity contribution in [1.82, 2.24) is 0 Å². The molecule has 1 aliphatic heterocycles. The maximum absolute atomic E-state index is 12.5. The predicted molar refractivity (Wildman–Crippen MR) is 70.8 cm³/mol. The number of ether oxygens (including phenoxy) is 1. The molecule has 0 saturated heterocycles. The number of benzene rings is 2. The zero-order valence-electron chi connectivity index (χ0n) is 11.0. The van der Waals surface area contributed by atoms with Gasteiger partial charge in [0.25, 0.3) is 0 Å². The third-order valence-corrected chi connectivity index (χ3v) is 3.59. The van der Waals surface area contributed by atoms with Crippen LogP contribution in [-0.2, 0) is 6.18 Å². The van der Waals surface area contributed by atoms with Crippen LogP contribution in [0.15, 0.2) is 48.5 Å². The molecule has 3 rings (SSSR count). The van der Waals surface area contributed by atoms with Gasteiger partial charge in [0.15, 0.2) is 0 Å². The van der Waals surface area contributed by atoms with Gasteiger partial charge in [-0.05, 0) is 23.8 Å². The molecule has 5 heteroatoms. The molecule has 0 aromatic heterocycles. The fourth-order valence-electron chi connectivity index (χ4n) is 2.49. The van der Waals surface area contributed by atoms with Crippen LogP contribution in [0.25, 0.3) is 0 Å². The Morgan fingerprint density at radius 1 is 1.00 bits per heavy atom. The van der Waals surface area contributed by atoms with Crippen LogP contribution in [0.1, 0.15) is 35.3 Å². The Kier molecular flexibility index (Phi) is 3.37. The summed E-state index contributed by atoms with van der Waals surface area (Å²) in [6.45, 7) is 0. The number of alkyl halides is 3. The van der Waals surface area contributed by atoms with E-state index in [9.17, 15) is 18.3 Å². The summed E-state index contributed by atoms with van der Waals surface area (Å²) in [5.74, 6) is 0.571. The number of halogens is 3. The van der Waals surface area contributed by atoms with E-state index in [1.807, 2.05) is 6.07 Å². The molecule has 2 nitrogen and oxygen atoms in total. The minimum absolute atomic E-state index is 0.322. The van der Waals surface area contributed by atoms with E-state index >= 15 is 0 Å². The van der Waals surface area contributed by atoms with Crippen molar-refractivity contribution in [2.45, 2.75) is 24.8 Å². The lowest BCUT2D eigenvalue weighted by molar-refractivity contribution is -0.137. The first kappa shape index (κ1) is 13.9. The second kappa shape index (κ2) is 5.07. The highest BCUT2D eigenvalue weighted by Gasteiger charge is 2.31. The molecule has 2 aromatic rings. The van der Waals surface area contributed by atoms with E-state index in [0.717, 1.165) is 12.1 Å². The van der Waals surface area contributed by atoms with Gasteiger partial charge in [0.05, 0.1) is 11.7 Å². The third-order valence-electron chi connectivity index (χ3n) is 3.59. The second-order valence-electron chi connectivity index (χ2n) is 5.02. The highest BCUT2D eigenvalue weighted by Crippen LogP contribution is 2.41. The molecule has 0 saturated carbocycles. The Bertz CT molecular complexity index is 635. The molecule has 0 radical (unpaired) electrons. The number of fused-ring (bicyclic) bond motifs is 1. The van der Waals surface area contributed by atoms with E-state index in [4.69, 9.17) is 4.74 Å². The summed E-state index contributed by atoms with van der Waals surface area (Å²) in [4.78, 5) is 0. The van der Waals surface area contributed by atoms with E-state index in [0.29, 0.717) is 23.3 Å². The van der Waals surface area contributed by atoms with Crippen LogP contribution in [-0.4, -0.2) is 5.11 Å². The molecule has 2 aromatic carbocycles. The lowest BCUT2D eigenvalue weighted by Gasteiger charge is -2.30. The Morgan fingerprint density at radius 3 is 2.33 bits per heavy atom. The molecule has 1 N–H and O–H groups in total. The van der Waals surface area contributed by atoms with Crippen molar-refractivity contribution in [1.29, 1.82) is 0 Å². The molecular weight excluding hydrogens is 281 g/mol. The first-order valence-electron chi connectivity index (χ1n) is 6.56. The maximum Gasteiger partial charge on any atom is 0.416 e. The minimum Gasteiger partial charge on any atom is -0.485 e. The number of hydrogen-bond acceptors (Lipinski definition) is 2. The quantitative estimate of drug-likeness (QED) is 0.851. The number of para-hydroxylation sites is 1. The highest BCUT2D eigenvalue weighted by molar-refractivity contribution is 5.38. The van der Waals surface area contributed by atoms with Crippen LogP contribution in [0.4, 0.5) is 13.2 Å². The molecule has 0 spiro atoms. The van der Waals surface area contributed by atoms with Gasteiger partial charge in [0.2, 0.25) is 0 Å². The maximum atomic E-state index is 12.5. The predicted octanol–water partition coefficient (Wildman–Crippen LogP) is 4.26. The van der Waals surface area contributed by atoms with E-state index in [-0.39, 0.29) is 0 Å². The number of hydrogen-bond donors (Lipinski definition) is 1. The molecule has 0 amide bonds. The van der Waals surface area contributed by atoms with E-state index in [1.165, 1.54) is 12.1 Å². The Morgan fingerprint density at radius 2 is 1.67 bits per heavy atom. The first-order valence-corrected chi connectivity index (χ1v) is 6.56. The van der Waals surface area contributed by atoms with E-state index in [2.05, 4.69) is 0 Å². The van der Waals surface area contributed by atoms with Gasteiger partial charge in [-0.15, -0.1) is 0 Å². The molecule has 0 aliphatic carbocycles. The summed E-state index contributed by atoms with van der Waals surface area (Å²) in [6, 6.07) is 12.0. The Hall–Kier alpha value is -2.01. The lowest BCUT2D eigenvalue weighted by atomic mass is 9.94. The largest absolute Gasteiger partial charge is 0.485 e. The van der Waals surface area contributed by atoms with Crippen molar-refractivity contribution in [3.8, 4) is 5.75 Å². The summed E-state index contributed by atoms with van der Waals surface area (Å²) < 4.78 is 43.4. The average Bonchev–Trinajstić information content (AvgIpc) is 2.46. The summed E-state index contributed by atoms with van der Waals surface area (Å²) in [7, 11) is 0. The van der Waals surface area contributed by atoms with Gasteiger partial charge >= 0.3 is 6.18 Å². The Balaban J connectivity index is 1.86. The lowest BCUT2D eigenvalue weighted by Crippen LogP contribution is -2.19. The van der Waals surface area contributed by atoms with Gasteiger partial charge in [-0.25, -0.2) is 0 Å². The van der Waals surface area contributed by atoms with Crippen LogP contribution in [0, 0.1) is 0 Å². The smallest absolute Gasteiger partial charge is 0.416 e. The normalized spacial score (nSPS) is 21.5. The standard InChI is InChI=1S/C16H13F3O2/c17-16(18,19)11-7-5-10(6-8-11)15-9-13(20)12-3-1-2-4-14(12)21-15/h1-8,13,15,20H,9H2/t13-,15?/m1/s1. The fraction of sp³-hybridized carbons (Fsp3) is 0.250. The summed E-state index contributed by atoms with van der Waals surface area (Å²) in [5.41, 5.74) is 0.639. The van der Waals surface area contributed by atoms with E-state index in [1.54, 1.807) is 18.2 Å². The third kappa shape index (κ3) is 2.74. The number of rotatable bonds is 1. The summed E-state index contributed by atoms with van der Waals surface area (Å²) in [5, 5.41) is 10.1. The highest BCUT2D eigenvalue weighted by atomic mass is 19.4. The van der Waals surface area contributed by atoms with Gasteiger partial charge in [-0.2, -0.15) is 13.2 Å². The van der Waals surface area contributed by atoms with Crippen molar-refractivity contribution >= 4 is 0 Å². The zero-order chi connectivity index (χ0) is 15.0. The van der Waals surface area contributed by atoms with Gasteiger partial charge in [-0.1, -0.05) is 30.3 Å². The molecule has 1 unspecified atom stereocenters. The molecule has 0 fully saturated rings. The van der Waals surface area contributed by atoms with Crippen molar-refractivity contribution in [3.63, 3.8) is 0 Å². The second-order valence-corrected chi connectivity index (χ2v) is 5.02. The molecule has 1 heterocycles. The van der Waals surface area contributed by atoms with Crippen LogP contribution < -0.4 is 4.74 Å². The number of aliphatic hydroxyl groups excluding tert-OH is 1. The monoisotopic (exact) mass is 294 g/mol. The van der Waals surface area contributed by atoms with Crippen LogP contribution in [0.5, 0.6) is 5.75 Å². The topological polar surface area (TPSA) is 29.5 Å². The number of aliphatic hydroxyl groups is 1. The minimum atomic E-state index is -4.35. The van der Waals surface area contributed by atoms with E-state index < -0.39 is 23.9 Å². The van der Waals surface area contributed by atoms with Gasteiger partial charge in [-0.3, -0.25) is 0 Å². The summed E-state index contributed by atoms with van der Waals surface area (Å²) in [6.07, 6.45) is -5.15. The van der Waals surface area contributed by atoms with Gasteiger partial charge < -0.3 is 9.84 Å². The molecule has 1 aliphatic rings. The fourth-order valence-corrected chi connectivity index (χ4v) is 2.49. The van der Waals surface area contributed by atoms with Crippen LogP contribution in [0.3, 0.4) is 0 Å². The van der Waals surface area contributed by atoms with Crippen molar-refractivity contribution < 1.29 is 23.0 Å². The molecule has 21 heavy (non-hydrogen) atoms. The van der Waals surface area contributed by atoms with Crippen molar-refractivity contribution in [3.05, 3.63) is 65.2 Å². The van der Waals surface area contributed by atoms with Crippen LogP contribution >= 0.6 is 0 Å². The average molecular weight is 294 g/mol. The molecule has 2 atom stereocenters. The van der Waals surface area contributed by atoms with Gasteiger partial charge in [0, 0.05) is 12.0 Å². The summed E-state index contributed by atoms with van der Waals surface area (Å²) >= 11 is 0.